The summed E-state index contributed by atoms with van der Waals surface area (Å²) >= 11 is 0. The molecule has 0 fully saturated rings. The third-order valence-corrected chi connectivity index (χ3v) is 1.84. The standard InChI is InChI=1S/C8H15N3O4/c1-4(8(14)15)11-5(7(10)13)2-3-6(9)12/h4-5,11H,2-3H2,1H3,(H2,9,12)(H2,10,13)(H,14,15). The van der Waals surface area contributed by atoms with Crippen LogP contribution in [-0.2, 0) is 14.4 Å². The Morgan fingerprint density at radius 3 is 2.20 bits per heavy atom. The van der Waals surface area contributed by atoms with Crippen LogP contribution >= 0.6 is 0 Å². The summed E-state index contributed by atoms with van der Waals surface area (Å²) in [5, 5.41) is 11.1. The van der Waals surface area contributed by atoms with Gasteiger partial charge < -0.3 is 16.6 Å². The summed E-state index contributed by atoms with van der Waals surface area (Å²) in [6.07, 6.45) is 0.0786. The first-order chi connectivity index (χ1) is 6.84. The predicted molar refractivity (Wildman–Crippen MR) is 51.6 cm³/mol. The second kappa shape index (κ2) is 5.97. The number of carbonyl (C=O) groups excluding carboxylic acids is 2. The molecule has 0 heterocycles. The van der Waals surface area contributed by atoms with Gasteiger partial charge in [0.05, 0.1) is 6.04 Å². The average Bonchev–Trinajstić information content (AvgIpc) is 2.10. The molecule has 2 unspecified atom stereocenters. The van der Waals surface area contributed by atoms with E-state index in [0.717, 1.165) is 0 Å². The van der Waals surface area contributed by atoms with Crippen LogP contribution in [0.3, 0.4) is 0 Å². The molecule has 0 radical (unpaired) electrons. The smallest absolute Gasteiger partial charge is 0.320 e. The van der Waals surface area contributed by atoms with E-state index in [2.05, 4.69) is 5.32 Å². The van der Waals surface area contributed by atoms with Crippen LogP contribution in [-0.4, -0.2) is 35.0 Å². The highest BCUT2D eigenvalue weighted by Crippen LogP contribution is 1.98. The van der Waals surface area contributed by atoms with E-state index in [4.69, 9.17) is 16.6 Å². The molecule has 0 aromatic heterocycles. The van der Waals surface area contributed by atoms with Gasteiger partial charge in [0.25, 0.3) is 0 Å². The van der Waals surface area contributed by atoms with Gasteiger partial charge in [-0.1, -0.05) is 0 Å². The third-order valence-electron chi connectivity index (χ3n) is 1.84. The minimum atomic E-state index is -1.10. The number of carboxylic acid groups (broad SMARTS) is 1. The number of rotatable bonds is 7. The minimum Gasteiger partial charge on any atom is -0.480 e. The van der Waals surface area contributed by atoms with E-state index in [1.807, 2.05) is 0 Å². The van der Waals surface area contributed by atoms with Crippen molar-refractivity contribution in [3.63, 3.8) is 0 Å². The number of amides is 2. The molecule has 0 aliphatic heterocycles. The Kier molecular flexibility index (Phi) is 5.32. The van der Waals surface area contributed by atoms with Crippen LogP contribution in [0.25, 0.3) is 0 Å². The van der Waals surface area contributed by atoms with Gasteiger partial charge >= 0.3 is 5.97 Å². The summed E-state index contributed by atoms with van der Waals surface area (Å²) in [5.41, 5.74) is 9.92. The molecule has 7 heteroatoms. The molecule has 0 aliphatic carbocycles. The summed E-state index contributed by atoms with van der Waals surface area (Å²) in [4.78, 5) is 31.8. The van der Waals surface area contributed by atoms with Crippen molar-refractivity contribution in [1.82, 2.24) is 5.32 Å². The Bertz CT molecular complexity index is 267. The summed E-state index contributed by atoms with van der Waals surface area (Å²) < 4.78 is 0. The summed E-state index contributed by atoms with van der Waals surface area (Å²) in [6.45, 7) is 1.38. The second-order valence-electron chi connectivity index (χ2n) is 3.19. The lowest BCUT2D eigenvalue weighted by atomic mass is 10.1. The molecule has 0 saturated heterocycles. The molecule has 2 atom stereocenters. The van der Waals surface area contributed by atoms with Crippen molar-refractivity contribution in [2.24, 2.45) is 11.5 Å². The van der Waals surface area contributed by atoms with E-state index in [1.165, 1.54) is 6.92 Å². The van der Waals surface area contributed by atoms with Crippen molar-refractivity contribution in [2.45, 2.75) is 31.8 Å². The van der Waals surface area contributed by atoms with Crippen molar-refractivity contribution >= 4 is 17.8 Å². The number of nitrogens with two attached hydrogens (primary N) is 2. The van der Waals surface area contributed by atoms with Gasteiger partial charge in [0.1, 0.15) is 6.04 Å². The van der Waals surface area contributed by atoms with Gasteiger partial charge in [-0.25, -0.2) is 0 Å². The lowest BCUT2D eigenvalue weighted by Crippen LogP contribution is -2.48. The zero-order valence-corrected chi connectivity index (χ0v) is 8.40. The summed E-state index contributed by atoms with van der Waals surface area (Å²) in [5.74, 6) is -2.37. The van der Waals surface area contributed by atoms with Crippen LogP contribution in [0.2, 0.25) is 0 Å². The number of carboxylic acids is 1. The van der Waals surface area contributed by atoms with Crippen LogP contribution in [0.5, 0.6) is 0 Å². The van der Waals surface area contributed by atoms with Gasteiger partial charge in [0, 0.05) is 6.42 Å². The maximum atomic E-state index is 10.9. The maximum Gasteiger partial charge on any atom is 0.320 e. The summed E-state index contributed by atoms with van der Waals surface area (Å²) in [7, 11) is 0. The van der Waals surface area contributed by atoms with Crippen LogP contribution in [0.4, 0.5) is 0 Å². The molecule has 2 amide bonds. The molecule has 7 nitrogen and oxygen atoms in total. The van der Waals surface area contributed by atoms with E-state index in [0.29, 0.717) is 0 Å². The van der Waals surface area contributed by atoms with Gasteiger partial charge in [0.2, 0.25) is 11.8 Å². The molecular formula is C8H15N3O4. The number of aliphatic carboxylic acids is 1. The van der Waals surface area contributed by atoms with Crippen LogP contribution in [0.15, 0.2) is 0 Å². The zero-order chi connectivity index (χ0) is 12.0. The highest BCUT2D eigenvalue weighted by molar-refractivity contribution is 5.82. The van der Waals surface area contributed by atoms with E-state index < -0.39 is 29.9 Å². The monoisotopic (exact) mass is 217 g/mol. The lowest BCUT2D eigenvalue weighted by Gasteiger charge is -2.17. The molecule has 0 rings (SSSR count). The average molecular weight is 217 g/mol. The fraction of sp³-hybridized carbons (Fsp3) is 0.625. The lowest BCUT2D eigenvalue weighted by molar-refractivity contribution is -0.139. The van der Waals surface area contributed by atoms with E-state index in [-0.39, 0.29) is 12.8 Å². The number of hydrogen-bond donors (Lipinski definition) is 4. The Balaban J connectivity index is 4.22. The number of hydrogen-bond acceptors (Lipinski definition) is 4. The Morgan fingerprint density at radius 1 is 1.33 bits per heavy atom. The van der Waals surface area contributed by atoms with Gasteiger partial charge in [-0.15, -0.1) is 0 Å². The Morgan fingerprint density at radius 2 is 1.87 bits per heavy atom. The normalized spacial score (nSPS) is 14.2. The molecule has 15 heavy (non-hydrogen) atoms. The van der Waals surface area contributed by atoms with Gasteiger partial charge in [-0.3, -0.25) is 19.7 Å². The van der Waals surface area contributed by atoms with E-state index in [9.17, 15) is 14.4 Å². The topological polar surface area (TPSA) is 136 Å². The van der Waals surface area contributed by atoms with E-state index >= 15 is 0 Å². The predicted octanol–water partition coefficient (Wildman–Crippen LogP) is -1.83. The van der Waals surface area contributed by atoms with Crippen LogP contribution in [0, 0.1) is 0 Å². The summed E-state index contributed by atoms with van der Waals surface area (Å²) in [6, 6.07) is -1.76. The first kappa shape index (κ1) is 13.4. The number of primary amides is 2. The molecule has 86 valence electrons. The zero-order valence-electron chi connectivity index (χ0n) is 8.40. The van der Waals surface area contributed by atoms with Crippen molar-refractivity contribution in [3.8, 4) is 0 Å². The number of nitrogens with one attached hydrogen (secondary N) is 1. The quantitative estimate of drug-likeness (QED) is 0.397. The highest BCUT2D eigenvalue weighted by Gasteiger charge is 2.21. The first-order valence-electron chi connectivity index (χ1n) is 4.41. The van der Waals surface area contributed by atoms with Gasteiger partial charge in [-0.05, 0) is 13.3 Å². The van der Waals surface area contributed by atoms with Gasteiger partial charge in [-0.2, -0.15) is 0 Å². The molecular weight excluding hydrogens is 202 g/mol. The maximum absolute atomic E-state index is 10.9. The Labute approximate surface area is 86.8 Å². The molecule has 0 aliphatic rings. The minimum absolute atomic E-state index is 0.0209. The first-order valence-corrected chi connectivity index (χ1v) is 4.41. The molecule has 0 spiro atoms. The largest absolute Gasteiger partial charge is 0.480 e. The molecule has 0 aromatic carbocycles. The van der Waals surface area contributed by atoms with E-state index in [1.54, 1.807) is 0 Å². The number of carbonyl (C=O) groups is 3. The molecule has 0 aromatic rings. The SMILES string of the molecule is CC(NC(CCC(N)=O)C(N)=O)C(=O)O. The third kappa shape index (κ3) is 5.63. The van der Waals surface area contributed by atoms with Crippen molar-refractivity contribution in [3.05, 3.63) is 0 Å². The van der Waals surface area contributed by atoms with Crippen LogP contribution < -0.4 is 16.8 Å². The molecule has 0 bridgehead atoms. The molecule has 0 saturated carbocycles. The fourth-order valence-electron chi connectivity index (χ4n) is 0.967. The van der Waals surface area contributed by atoms with Crippen molar-refractivity contribution in [2.75, 3.05) is 0 Å². The highest BCUT2D eigenvalue weighted by atomic mass is 16.4. The van der Waals surface area contributed by atoms with Crippen LogP contribution in [0.1, 0.15) is 19.8 Å². The molecule has 6 N–H and O–H groups in total. The van der Waals surface area contributed by atoms with Crippen molar-refractivity contribution in [1.29, 1.82) is 0 Å². The van der Waals surface area contributed by atoms with Crippen molar-refractivity contribution < 1.29 is 19.5 Å². The second-order valence-corrected chi connectivity index (χ2v) is 3.19. The van der Waals surface area contributed by atoms with Gasteiger partial charge in [0.15, 0.2) is 0 Å². The fourth-order valence-corrected chi connectivity index (χ4v) is 0.967. The Hall–Kier alpha value is -1.63.